The lowest BCUT2D eigenvalue weighted by atomic mass is 9.88. The van der Waals surface area contributed by atoms with Gasteiger partial charge >= 0.3 is 0 Å². The highest BCUT2D eigenvalue weighted by Crippen LogP contribution is 2.29. The second kappa shape index (κ2) is 7.97. The van der Waals surface area contributed by atoms with E-state index in [2.05, 4.69) is 10.1 Å². The average Bonchev–Trinajstić information content (AvgIpc) is 3.30. The second-order valence-electron chi connectivity index (χ2n) is 7.18. The predicted molar refractivity (Wildman–Crippen MR) is 91.5 cm³/mol. The zero-order chi connectivity index (χ0) is 17.8. The van der Waals surface area contributed by atoms with Crippen LogP contribution in [0.5, 0.6) is 0 Å². The van der Waals surface area contributed by atoms with Crippen molar-refractivity contribution in [1.29, 1.82) is 0 Å². The van der Waals surface area contributed by atoms with Gasteiger partial charge in [-0.2, -0.15) is 4.98 Å². The first kappa shape index (κ1) is 17.9. The third-order valence-electron chi connectivity index (χ3n) is 5.34. The molecular formula is C18H28N4O3. The van der Waals surface area contributed by atoms with Gasteiger partial charge in [-0.3, -0.25) is 9.59 Å². The second-order valence-corrected chi connectivity index (χ2v) is 7.18. The number of amides is 2. The Morgan fingerprint density at radius 2 is 1.96 bits per heavy atom. The van der Waals surface area contributed by atoms with Crippen LogP contribution in [0.15, 0.2) is 4.52 Å². The van der Waals surface area contributed by atoms with E-state index in [9.17, 15) is 9.59 Å². The van der Waals surface area contributed by atoms with Crippen molar-refractivity contribution in [3.05, 3.63) is 11.7 Å². The van der Waals surface area contributed by atoms with Gasteiger partial charge in [0.15, 0.2) is 5.82 Å². The molecule has 3 rings (SSSR count). The van der Waals surface area contributed by atoms with Crippen LogP contribution < -0.4 is 0 Å². The number of carbonyl (C=O) groups is 2. The highest BCUT2D eigenvalue weighted by atomic mass is 16.5. The highest BCUT2D eigenvalue weighted by molar-refractivity contribution is 5.89. The number of aryl methyl sites for hydroxylation is 1. The van der Waals surface area contributed by atoms with Crippen LogP contribution in [0.25, 0.3) is 0 Å². The van der Waals surface area contributed by atoms with Crippen LogP contribution in [0.4, 0.5) is 0 Å². The number of nitrogens with zero attached hydrogens (tertiary/aromatic N) is 4. The molecule has 138 valence electrons. The quantitative estimate of drug-likeness (QED) is 0.815. The monoisotopic (exact) mass is 348 g/mol. The van der Waals surface area contributed by atoms with Crippen molar-refractivity contribution >= 4 is 11.8 Å². The molecule has 0 bridgehead atoms. The first-order valence-electron chi connectivity index (χ1n) is 9.47. The van der Waals surface area contributed by atoms with Gasteiger partial charge in [-0.05, 0) is 25.7 Å². The number of aromatic nitrogens is 2. The molecule has 2 aliphatic rings. The van der Waals surface area contributed by atoms with E-state index in [4.69, 9.17) is 4.52 Å². The molecule has 1 aliphatic heterocycles. The van der Waals surface area contributed by atoms with Crippen LogP contribution in [-0.4, -0.2) is 51.4 Å². The van der Waals surface area contributed by atoms with Gasteiger partial charge in [0.1, 0.15) is 6.04 Å². The van der Waals surface area contributed by atoms with Gasteiger partial charge in [-0.1, -0.05) is 31.3 Å². The maximum atomic E-state index is 12.9. The van der Waals surface area contributed by atoms with E-state index in [-0.39, 0.29) is 23.8 Å². The van der Waals surface area contributed by atoms with Gasteiger partial charge in [0.05, 0.1) is 6.54 Å². The molecule has 2 fully saturated rings. The van der Waals surface area contributed by atoms with E-state index in [0.29, 0.717) is 31.2 Å². The number of hydrogen-bond donors (Lipinski definition) is 0. The van der Waals surface area contributed by atoms with E-state index >= 15 is 0 Å². The average molecular weight is 348 g/mol. The summed E-state index contributed by atoms with van der Waals surface area (Å²) in [4.78, 5) is 33.4. The van der Waals surface area contributed by atoms with Crippen LogP contribution in [0.3, 0.4) is 0 Å². The van der Waals surface area contributed by atoms with Gasteiger partial charge in [-0.25, -0.2) is 0 Å². The maximum Gasteiger partial charge on any atom is 0.245 e. The molecule has 7 nitrogen and oxygen atoms in total. The first-order chi connectivity index (χ1) is 12.1. The Hall–Kier alpha value is -1.92. The molecule has 0 radical (unpaired) electrons. The van der Waals surface area contributed by atoms with Crippen molar-refractivity contribution in [2.75, 3.05) is 13.6 Å². The van der Waals surface area contributed by atoms with Gasteiger partial charge < -0.3 is 14.3 Å². The lowest BCUT2D eigenvalue weighted by Gasteiger charge is -2.31. The minimum atomic E-state index is -0.336. The van der Waals surface area contributed by atoms with Crippen molar-refractivity contribution < 1.29 is 14.1 Å². The van der Waals surface area contributed by atoms with Crippen molar-refractivity contribution in [3.8, 4) is 0 Å². The van der Waals surface area contributed by atoms with Gasteiger partial charge in [-0.15, -0.1) is 0 Å². The summed E-state index contributed by atoms with van der Waals surface area (Å²) < 4.78 is 5.09. The molecule has 0 spiro atoms. The molecule has 2 heterocycles. The smallest absolute Gasteiger partial charge is 0.245 e. The van der Waals surface area contributed by atoms with Crippen LogP contribution >= 0.6 is 0 Å². The molecule has 7 heteroatoms. The molecule has 1 atom stereocenters. The van der Waals surface area contributed by atoms with Crippen LogP contribution in [0.2, 0.25) is 0 Å². The molecule has 1 aromatic heterocycles. The zero-order valence-electron chi connectivity index (χ0n) is 15.2. The molecule has 2 amide bonds. The third-order valence-corrected chi connectivity index (χ3v) is 5.34. The van der Waals surface area contributed by atoms with E-state index < -0.39 is 0 Å². The number of likely N-dealkylation sites (N-methyl/N-ethyl adjacent to an activating group) is 1. The Kier molecular flexibility index (Phi) is 5.71. The lowest BCUT2D eigenvalue weighted by Crippen LogP contribution is -2.48. The minimum absolute atomic E-state index is 0.0236. The normalized spacial score (nSPS) is 21.5. The summed E-state index contributed by atoms with van der Waals surface area (Å²) >= 11 is 0. The van der Waals surface area contributed by atoms with Crippen LogP contribution in [0.1, 0.15) is 63.6 Å². The summed E-state index contributed by atoms with van der Waals surface area (Å²) in [6.45, 7) is 2.95. The summed E-state index contributed by atoms with van der Waals surface area (Å²) in [7, 11) is 1.74. The molecule has 0 unspecified atom stereocenters. The Labute approximate surface area is 148 Å². The molecule has 1 saturated heterocycles. The summed E-state index contributed by atoms with van der Waals surface area (Å²) in [6.07, 6.45) is 7.72. The molecule has 0 aromatic carbocycles. The number of hydrogen-bond acceptors (Lipinski definition) is 5. The van der Waals surface area contributed by atoms with E-state index in [1.807, 2.05) is 11.8 Å². The highest BCUT2D eigenvalue weighted by Gasteiger charge is 2.38. The fourth-order valence-electron chi connectivity index (χ4n) is 3.91. The Balaban J connectivity index is 1.62. The molecule has 0 N–H and O–H groups in total. The van der Waals surface area contributed by atoms with Crippen LogP contribution in [-0.2, 0) is 22.6 Å². The summed E-state index contributed by atoms with van der Waals surface area (Å²) in [5.41, 5.74) is 0. The Morgan fingerprint density at radius 1 is 1.20 bits per heavy atom. The third kappa shape index (κ3) is 4.02. The largest absolute Gasteiger partial charge is 0.339 e. The van der Waals surface area contributed by atoms with E-state index in [0.717, 1.165) is 38.5 Å². The Bertz CT molecular complexity index is 609. The lowest BCUT2D eigenvalue weighted by molar-refractivity contribution is -0.146. The number of rotatable bonds is 5. The number of likely N-dealkylation sites (tertiary alicyclic amines) is 1. The number of carbonyl (C=O) groups excluding carboxylic acids is 2. The predicted octanol–water partition coefficient (Wildman–Crippen LogP) is 2.16. The van der Waals surface area contributed by atoms with Crippen molar-refractivity contribution in [3.63, 3.8) is 0 Å². The molecule has 1 saturated carbocycles. The van der Waals surface area contributed by atoms with Gasteiger partial charge in [0.2, 0.25) is 17.7 Å². The topological polar surface area (TPSA) is 79.5 Å². The fraction of sp³-hybridized carbons (Fsp3) is 0.778. The van der Waals surface area contributed by atoms with E-state index in [1.165, 1.54) is 6.42 Å². The van der Waals surface area contributed by atoms with Crippen molar-refractivity contribution in [1.82, 2.24) is 19.9 Å². The summed E-state index contributed by atoms with van der Waals surface area (Å²) in [5.74, 6) is 1.35. The van der Waals surface area contributed by atoms with Gasteiger partial charge in [0, 0.05) is 25.9 Å². The zero-order valence-corrected chi connectivity index (χ0v) is 15.2. The van der Waals surface area contributed by atoms with E-state index in [1.54, 1.807) is 11.9 Å². The molecule has 1 aliphatic carbocycles. The maximum absolute atomic E-state index is 12.9. The summed E-state index contributed by atoms with van der Waals surface area (Å²) in [5, 5.41) is 3.90. The molecular weight excluding hydrogens is 320 g/mol. The standard InChI is InChI=1S/C18H28N4O3/c1-3-16-19-15(20-25-16)12-21(2)18(24)14-10-7-11-22(14)17(23)13-8-5-4-6-9-13/h13-14H,3-12H2,1-2H3/t14-/m0/s1. The fourth-order valence-corrected chi connectivity index (χ4v) is 3.91. The first-order valence-corrected chi connectivity index (χ1v) is 9.47. The summed E-state index contributed by atoms with van der Waals surface area (Å²) in [6, 6.07) is -0.336. The van der Waals surface area contributed by atoms with Crippen LogP contribution in [0, 0.1) is 5.92 Å². The minimum Gasteiger partial charge on any atom is -0.339 e. The Morgan fingerprint density at radius 3 is 2.64 bits per heavy atom. The van der Waals surface area contributed by atoms with Gasteiger partial charge in [0.25, 0.3) is 0 Å². The molecule has 1 aromatic rings. The van der Waals surface area contributed by atoms with Crippen molar-refractivity contribution in [2.24, 2.45) is 5.92 Å². The molecule has 25 heavy (non-hydrogen) atoms. The van der Waals surface area contributed by atoms with Crippen molar-refractivity contribution in [2.45, 2.75) is 70.9 Å². The SMILES string of the molecule is CCc1nc(CN(C)C(=O)[C@@H]2CCCN2C(=O)C2CCCCC2)no1.